The quantitative estimate of drug-likeness (QED) is 0.634. The molecule has 0 fully saturated rings. The maximum atomic E-state index is 12.3. The van der Waals surface area contributed by atoms with Gasteiger partial charge < -0.3 is 10.6 Å². The molecule has 0 spiro atoms. The zero-order valence-corrected chi connectivity index (χ0v) is 17.2. The van der Waals surface area contributed by atoms with Crippen LogP contribution in [0.1, 0.15) is 13.8 Å². The highest BCUT2D eigenvalue weighted by molar-refractivity contribution is 7.82. The summed E-state index contributed by atoms with van der Waals surface area (Å²) in [6.07, 6.45) is 0. The zero-order valence-electron chi connectivity index (χ0n) is 16.4. The largest absolute Gasteiger partial charge is 0.352 e. The van der Waals surface area contributed by atoms with Gasteiger partial charge in [0.05, 0.1) is 4.90 Å². The van der Waals surface area contributed by atoms with E-state index in [2.05, 4.69) is 25.6 Å². The van der Waals surface area contributed by atoms with Crippen molar-refractivity contribution in [3.8, 4) is 11.4 Å². The van der Waals surface area contributed by atoms with Gasteiger partial charge in [-0.15, -0.1) is 0 Å². The Morgan fingerprint density at radius 3 is 2.32 bits per heavy atom. The molecule has 7 nitrogen and oxygen atoms in total. The number of nitrogens with one attached hydrogen (secondary N) is 2. The topological polar surface area (TPSA) is 83.0 Å². The van der Waals surface area contributed by atoms with Gasteiger partial charge in [0, 0.05) is 17.3 Å². The maximum Gasteiger partial charge on any atom is 0.232 e. The minimum Gasteiger partial charge on any atom is -0.352 e. The molecule has 0 saturated heterocycles. The van der Waals surface area contributed by atoms with Gasteiger partial charge in [-0.3, -0.25) is 0 Å². The highest BCUT2D eigenvalue weighted by atomic mass is 32.2. The smallest absolute Gasteiger partial charge is 0.232 e. The van der Waals surface area contributed by atoms with E-state index in [0.717, 1.165) is 11.3 Å². The van der Waals surface area contributed by atoms with Gasteiger partial charge in [0.1, 0.15) is 11.0 Å². The summed E-state index contributed by atoms with van der Waals surface area (Å²) < 4.78 is 14.0. The number of benzene rings is 2. The molecule has 28 heavy (non-hydrogen) atoms. The third kappa shape index (κ3) is 5.11. The van der Waals surface area contributed by atoms with E-state index in [1.54, 1.807) is 18.4 Å². The average molecular weight is 397 g/mol. The molecule has 0 radical (unpaired) electrons. The first-order valence-corrected chi connectivity index (χ1v) is 10.1. The first kappa shape index (κ1) is 19.9. The molecule has 1 heterocycles. The van der Waals surface area contributed by atoms with Gasteiger partial charge in [0.2, 0.25) is 11.9 Å². The van der Waals surface area contributed by atoms with E-state index in [0.29, 0.717) is 22.6 Å². The predicted molar refractivity (Wildman–Crippen MR) is 114 cm³/mol. The van der Waals surface area contributed by atoms with Gasteiger partial charge in [0.15, 0.2) is 5.82 Å². The summed E-state index contributed by atoms with van der Waals surface area (Å²) in [5.41, 5.74) is 1.66. The molecular formula is C20H24N6OS. The van der Waals surface area contributed by atoms with Crippen LogP contribution in [0.25, 0.3) is 11.4 Å². The highest BCUT2D eigenvalue weighted by Crippen LogP contribution is 2.22. The third-order valence-corrected chi connectivity index (χ3v) is 5.03. The van der Waals surface area contributed by atoms with Crippen molar-refractivity contribution in [2.24, 2.45) is 0 Å². The fraction of sp³-hybridized carbons (Fsp3) is 0.250. The van der Waals surface area contributed by atoms with Crippen molar-refractivity contribution in [3.05, 3.63) is 54.6 Å². The molecule has 8 heteroatoms. The second-order valence-electron chi connectivity index (χ2n) is 6.69. The van der Waals surface area contributed by atoms with Gasteiger partial charge in [0.25, 0.3) is 0 Å². The summed E-state index contributed by atoms with van der Waals surface area (Å²) in [5, 5.41) is 6.43. The lowest BCUT2D eigenvalue weighted by atomic mass is 10.2. The summed E-state index contributed by atoms with van der Waals surface area (Å²) in [4.78, 5) is 14.3. The summed E-state index contributed by atoms with van der Waals surface area (Å²) in [6.45, 7) is 4.05. The van der Waals surface area contributed by atoms with Gasteiger partial charge in [-0.1, -0.05) is 36.4 Å². The minimum atomic E-state index is -1.22. The Morgan fingerprint density at radius 2 is 1.64 bits per heavy atom. The van der Waals surface area contributed by atoms with Crippen LogP contribution in [0.3, 0.4) is 0 Å². The van der Waals surface area contributed by atoms with Crippen molar-refractivity contribution in [3.63, 3.8) is 0 Å². The van der Waals surface area contributed by atoms with Gasteiger partial charge in [-0.2, -0.15) is 15.0 Å². The first-order valence-electron chi connectivity index (χ1n) is 8.96. The van der Waals surface area contributed by atoms with Crippen LogP contribution in [0.5, 0.6) is 0 Å². The molecule has 2 N–H and O–H groups in total. The number of rotatable bonds is 7. The van der Waals surface area contributed by atoms with E-state index in [9.17, 15) is 4.21 Å². The molecule has 146 valence electrons. The minimum absolute atomic E-state index is 0.185. The van der Waals surface area contributed by atoms with Crippen molar-refractivity contribution < 1.29 is 4.21 Å². The van der Waals surface area contributed by atoms with E-state index in [-0.39, 0.29) is 6.04 Å². The lowest BCUT2D eigenvalue weighted by molar-refractivity contribution is 0.603. The summed E-state index contributed by atoms with van der Waals surface area (Å²) in [6, 6.07) is 17.3. The number of nitrogens with zero attached hydrogens (tertiary/aromatic N) is 4. The average Bonchev–Trinajstić information content (AvgIpc) is 2.67. The third-order valence-electron chi connectivity index (χ3n) is 3.71. The van der Waals surface area contributed by atoms with Crippen LogP contribution in [-0.2, 0) is 11.0 Å². The van der Waals surface area contributed by atoms with Crippen LogP contribution in [0.4, 0.5) is 17.6 Å². The Labute approximate surface area is 167 Å². The molecule has 0 bridgehead atoms. The van der Waals surface area contributed by atoms with E-state index in [1.807, 2.05) is 68.4 Å². The van der Waals surface area contributed by atoms with Crippen molar-refractivity contribution in [2.75, 3.05) is 24.7 Å². The Bertz CT molecular complexity index is 962. The Balaban J connectivity index is 1.95. The van der Waals surface area contributed by atoms with E-state index in [4.69, 9.17) is 0 Å². The maximum absolute atomic E-state index is 12.3. The van der Waals surface area contributed by atoms with Crippen molar-refractivity contribution in [1.29, 1.82) is 0 Å². The number of aromatic nitrogens is 3. The molecule has 1 aromatic heterocycles. The van der Waals surface area contributed by atoms with Crippen LogP contribution >= 0.6 is 0 Å². The highest BCUT2D eigenvalue weighted by Gasteiger charge is 2.11. The lowest BCUT2D eigenvalue weighted by Crippen LogP contribution is -2.15. The zero-order chi connectivity index (χ0) is 20.1. The van der Waals surface area contributed by atoms with Crippen molar-refractivity contribution in [2.45, 2.75) is 24.8 Å². The van der Waals surface area contributed by atoms with Gasteiger partial charge >= 0.3 is 0 Å². The molecule has 0 aliphatic rings. The summed E-state index contributed by atoms with van der Waals surface area (Å²) in [5.74, 6) is 1.50. The monoisotopic (exact) mass is 396 g/mol. The number of hydrogen-bond acceptors (Lipinski definition) is 6. The Hall–Kier alpha value is -2.84. The fourth-order valence-electron chi connectivity index (χ4n) is 2.49. The second kappa shape index (κ2) is 8.90. The van der Waals surface area contributed by atoms with Crippen LogP contribution < -0.4 is 10.6 Å². The van der Waals surface area contributed by atoms with E-state index >= 15 is 0 Å². The second-order valence-corrected chi connectivity index (χ2v) is 8.39. The van der Waals surface area contributed by atoms with Crippen molar-refractivity contribution >= 4 is 28.6 Å². The van der Waals surface area contributed by atoms with Gasteiger partial charge in [-0.25, -0.2) is 8.51 Å². The molecule has 1 atom stereocenters. The molecule has 0 aliphatic heterocycles. The van der Waals surface area contributed by atoms with Crippen molar-refractivity contribution in [1.82, 2.24) is 19.3 Å². The Kier molecular flexibility index (Phi) is 6.33. The fourth-order valence-corrected chi connectivity index (χ4v) is 3.34. The molecule has 0 amide bonds. The number of anilines is 3. The lowest BCUT2D eigenvalue weighted by Gasteiger charge is -2.13. The SMILES string of the molecule is CC(C)Nc1nc(Nc2cccc(S(=O)N(C)C)c2)nc(-c2ccccc2)n1. The molecular weight excluding hydrogens is 372 g/mol. The first-order chi connectivity index (χ1) is 13.4. The summed E-state index contributed by atoms with van der Waals surface area (Å²) in [7, 11) is 2.33. The van der Waals surface area contributed by atoms with Crippen LogP contribution in [0, 0.1) is 0 Å². The van der Waals surface area contributed by atoms with E-state index < -0.39 is 11.0 Å². The number of hydrogen-bond donors (Lipinski definition) is 2. The molecule has 0 saturated carbocycles. The summed E-state index contributed by atoms with van der Waals surface area (Å²) >= 11 is 0. The molecule has 3 rings (SSSR count). The normalized spacial score (nSPS) is 12.2. The molecule has 1 unspecified atom stereocenters. The molecule has 2 aromatic carbocycles. The predicted octanol–water partition coefficient (Wildman–Crippen LogP) is 3.69. The van der Waals surface area contributed by atoms with Gasteiger partial charge in [-0.05, 0) is 46.1 Å². The van der Waals surface area contributed by atoms with Crippen LogP contribution in [-0.4, -0.2) is 43.6 Å². The standard InChI is InChI=1S/C20H24N6OS/c1-14(2)21-19-23-18(15-9-6-5-7-10-15)24-20(25-19)22-16-11-8-12-17(13-16)28(27)26(3)4/h5-14H,1-4H3,(H2,21,22,23,24,25). The van der Waals surface area contributed by atoms with Crippen LogP contribution in [0.15, 0.2) is 59.5 Å². The van der Waals surface area contributed by atoms with E-state index in [1.165, 1.54) is 0 Å². The molecule has 0 aliphatic carbocycles. The molecule has 3 aromatic rings. The Morgan fingerprint density at radius 1 is 0.929 bits per heavy atom. The van der Waals surface area contributed by atoms with Crippen LogP contribution in [0.2, 0.25) is 0 Å².